The Kier molecular flexibility index (Phi) is 6.58. The molecule has 1 heterocycles. The third-order valence-corrected chi connectivity index (χ3v) is 4.11. The topological polar surface area (TPSA) is 112 Å². The quantitative estimate of drug-likeness (QED) is 0.332. The molecule has 132 valence electrons. The van der Waals surface area contributed by atoms with E-state index >= 15 is 0 Å². The first-order valence-electron chi connectivity index (χ1n) is 7.38. The Balaban J connectivity index is 2.07. The van der Waals surface area contributed by atoms with E-state index in [1.165, 1.54) is 24.5 Å². The van der Waals surface area contributed by atoms with Crippen LogP contribution in [0.15, 0.2) is 45.9 Å². The summed E-state index contributed by atoms with van der Waals surface area (Å²) in [6, 6.07) is 7.51. The van der Waals surface area contributed by atoms with E-state index in [2.05, 4.69) is 5.32 Å². The van der Waals surface area contributed by atoms with Gasteiger partial charge in [-0.3, -0.25) is 19.7 Å². The highest BCUT2D eigenvalue weighted by Crippen LogP contribution is 2.30. The summed E-state index contributed by atoms with van der Waals surface area (Å²) in [5, 5.41) is 13.9. The van der Waals surface area contributed by atoms with Crippen molar-refractivity contribution >= 4 is 29.3 Å². The van der Waals surface area contributed by atoms with Gasteiger partial charge in [0.2, 0.25) is 0 Å². The molecule has 0 radical (unpaired) electrons. The van der Waals surface area contributed by atoms with Gasteiger partial charge in [-0.25, -0.2) is 0 Å². The van der Waals surface area contributed by atoms with Gasteiger partial charge in [0.25, 0.3) is 11.6 Å². The fraction of sp³-hybridized carbons (Fsp3) is 0.250. The number of nitro benzene ring substituents is 1. The number of hydrogen-bond donors (Lipinski definition) is 1. The Hall–Kier alpha value is -2.81. The van der Waals surface area contributed by atoms with Gasteiger partial charge in [-0.15, -0.1) is 11.8 Å². The van der Waals surface area contributed by atoms with Crippen LogP contribution >= 0.6 is 11.8 Å². The van der Waals surface area contributed by atoms with Crippen LogP contribution in [0.1, 0.15) is 23.0 Å². The lowest BCUT2D eigenvalue weighted by molar-refractivity contribution is -0.387. The Morgan fingerprint density at radius 3 is 2.80 bits per heavy atom. The number of carbonyl (C=O) groups excluding carboxylic acids is 2. The maximum atomic E-state index is 12.1. The highest BCUT2D eigenvalue weighted by atomic mass is 32.2. The van der Waals surface area contributed by atoms with Gasteiger partial charge in [0, 0.05) is 11.6 Å². The third-order valence-electron chi connectivity index (χ3n) is 3.07. The molecule has 0 saturated carbocycles. The number of furan rings is 1. The maximum Gasteiger partial charge on any atom is 0.316 e. The van der Waals surface area contributed by atoms with Crippen LogP contribution in [-0.4, -0.2) is 29.2 Å². The van der Waals surface area contributed by atoms with Crippen molar-refractivity contribution in [3.8, 4) is 0 Å². The van der Waals surface area contributed by atoms with Crippen LogP contribution in [0.5, 0.6) is 0 Å². The predicted molar refractivity (Wildman–Crippen MR) is 90.3 cm³/mol. The minimum atomic E-state index is -0.587. The van der Waals surface area contributed by atoms with E-state index in [0.29, 0.717) is 10.7 Å². The fourth-order valence-corrected chi connectivity index (χ4v) is 2.75. The van der Waals surface area contributed by atoms with Gasteiger partial charge in [-0.05, 0) is 31.2 Å². The largest absolute Gasteiger partial charge is 0.467 e. The molecule has 8 nitrogen and oxygen atoms in total. The van der Waals surface area contributed by atoms with E-state index in [1.54, 1.807) is 19.1 Å². The molecule has 2 aromatic rings. The number of nitro groups is 1. The van der Waals surface area contributed by atoms with Crippen LogP contribution in [0.3, 0.4) is 0 Å². The number of nitrogens with one attached hydrogen (secondary N) is 1. The monoisotopic (exact) mass is 364 g/mol. The summed E-state index contributed by atoms with van der Waals surface area (Å²) in [6.45, 7) is 2.11. The first kappa shape index (κ1) is 18.5. The van der Waals surface area contributed by atoms with Crippen LogP contribution < -0.4 is 5.32 Å². The molecule has 1 aromatic carbocycles. The van der Waals surface area contributed by atoms with E-state index < -0.39 is 16.8 Å². The lowest BCUT2D eigenvalue weighted by Crippen LogP contribution is -2.22. The standard InChI is InChI=1S/C16H16N2O6S/c1-2-23-15(19)10-25-14-6-5-11(8-13(14)18(21)22)16(20)17-9-12-4-3-7-24-12/h3-8H,2,9-10H2,1H3,(H,17,20). The van der Waals surface area contributed by atoms with Gasteiger partial charge < -0.3 is 14.5 Å². The summed E-state index contributed by atoms with van der Waals surface area (Å²) in [5.41, 5.74) is -0.0845. The van der Waals surface area contributed by atoms with Gasteiger partial charge in [-0.1, -0.05) is 0 Å². The van der Waals surface area contributed by atoms with E-state index in [9.17, 15) is 19.7 Å². The van der Waals surface area contributed by atoms with Crippen LogP contribution in [-0.2, 0) is 16.1 Å². The molecular weight excluding hydrogens is 348 g/mol. The van der Waals surface area contributed by atoms with Crippen molar-refractivity contribution in [3.63, 3.8) is 0 Å². The molecule has 0 atom stereocenters. The van der Waals surface area contributed by atoms with E-state index in [4.69, 9.17) is 9.15 Å². The minimum Gasteiger partial charge on any atom is -0.467 e. The van der Waals surface area contributed by atoms with Crippen molar-refractivity contribution in [3.05, 3.63) is 58.0 Å². The Morgan fingerprint density at radius 1 is 1.36 bits per heavy atom. The number of nitrogens with zero attached hydrogens (tertiary/aromatic N) is 1. The summed E-state index contributed by atoms with van der Waals surface area (Å²) < 4.78 is 9.90. The molecule has 0 bridgehead atoms. The zero-order valence-corrected chi connectivity index (χ0v) is 14.2. The van der Waals surface area contributed by atoms with E-state index in [-0.39, 0.29) is 30.2 Å². The molecule has 0 saturated heterocycles. The fourth-order valence-electron chi connectivity index (χ4n) is 1.95. The molecule has 2 rings (SSSR count). The van der Waals surface area contributed by atoms with Crippen LogP contribution in [0.2, 0.25) is 0 Å². The number of ether oxygens (including phenoxy) is 1. The Labute approximate surface area is 147 Å². The molecule has 0 aliphatic rings. The second-order valence-electron chi connectivity index (χ2n) is 4.80. The Bertz CT molecular complexity index is 760. The predicted octanol–water partition coefficient (Wildman–Crippen LogP) is 2.77. The van der Waals surface area contributed by atoms with Gasteiger partial charge in [0.05, 0.1) is 35.0 Å². The van der Waals surface area contributed by atoms with Gasteiger partial charge >= 0.3 is 5.97 Å². The number of amides is 1. The summed E-state index contributed by atoms with van der Waals surface area (Å²) in [4.78, 5) is 34.5. The summed E-state index contributed by atoms with van der Waals surface area (Å²) in [7, 11) is 0. The highest BCUT2D eigenvalue weighted by molar-refractivity contribution is 8.00. The number of thioether (sulfide) groups is 1. The molecule has 1 N–H and O–H groups in total. The van der Waals surface area contributed by atoms with E-state index in [0.717, 1.165) is 11.8 Å². The smallest absolute Gasteiger partial charge is 0.316 e. The molecule has 0 fully saturated rings. The summed E-state index contributed by atoms with van der Waals surface area (Å²) in [6.07, 6.45) is 1.49. The van der Waals surface area contributed by atoms with Crippen LogP contribution in [0.25, 0.3) is 0 Å². The lowest BCUT2D eigenvalue weighted by Gasteiger charge is -2.06. The van der Waals surface area contributed by atoms with Gasteiger partial charge in [0.15, 0.2) is 0 Å². The molecule has 0 unspecified atom stereocenters. The molecule has 1 aromatic heterocycles. The van der Waals surface area contributed by atoms with Crippen molar-refractivity contribution in [2.45, 2.75) is 18.4 Å². The second kappa shape index (κ2) is 8.88. The Morgan fingerprint density at radius 2 is 2.16 bits per heavy atom. The zero-order chi connectivity index (χ0) is 18.2. The highest BCUT2D eigenvalue weighted by Gasteiger charge is 2.19. The maximum absolute atomic E-state index is 12.1. The number of benzene rings is 1. The zero-order valence-electron chi connectivity index (χ0n) is 13.4. The first-order valence-corrected chi connectivity index (χ1v) is 8.37. The van der Waals surface area contributed by atoms with Gasteiger partial charge in [-0.2, -0.15) is 0 Å². The molecule has 0 spiro atoms. The number of carbonyl (C=O) groups is 2. The molecule has 0 aliphatic heterocycles. The van der Waals surface area contributed by atoms with Crippen molar-refractivity contribution in [1.29, 1.82) is 0 Å². The van der Waals surface area contributed by atoms with Gasteiger partial charge in [0.1, 0.15) is 5.76 Å². The molecule has 25 heavy (non-hydrogen) atoms. The average molecular weight is 364 g/mol. The average Bonchev–Trinajstić information content (AvgIpc) is 3.11. The lowest BCUT2D eigenvalue weighted by atomic mass is 10.2. The molecular formula is C16H16N2O6S. The third kappa shape index (κ3) is 5.35. The minimum absolute atomic E-state index is 0.0429. The number of rotatable bonds is 8. The summed E-state index contributed by atoms with van der Waals surface area (Å²) >= 11 is 0.992. The first-order chi connectivity index (χ1) is 12.0. The molecule has 1 amide bonds. The van der Waals surface area contributed by atoms with E-state index in [1.807, 2.05) is 0 Å². The number of esters is 1. The van der Waals surface area contributed by atoms with Crippen molar-refractivity contribution in [2.75, 3.05) is 12.4 Å². The number of hydrogen-bond acceptors (Lipinski definition) is 7. The molecule has 0 aliphatic carbocycles. The van der Waals surface area contributed by atoms with Crippen molar-refractivity contribution in [1.82, 2.24) is 5.32 Å². The van der Waals surface area contributed by atoms with Crippen molar-refractivity contribution in [2.24, 2.45) is 0 Å². The normalized spacial score (nSPS) is 10.3. The molecule has 9 heteroatoms. The summed E-state index contributed by atoms with van der Waals surface area (Å²) in [5.74, 6) is -0.383. The van der Waals surface area contributed by atoms with Crippen molar-refractivity contribution < 1.29 is 23.7 Å². The second-order valence-corrected chi connectivity index (χ2v) is 5.81. The SMILES string of the molecule is CCOC(=O)CSc1ccc(C(=O)NCc2ccco2)cc1[N+](=O)[O-]. The van der Waals surface area contributed by atoms with Crippen LogP contribution in [0, 0.1) is 10.1 Å². The van der Waals surface area contributed by atoms with Crippen LogP contribution in [0.4, 0.5) is 5.69 Å².